The third-order valence-corrected chi connectivity index (χ3v) is 4.22. The number of rotatable bonds is 7. The molecule has 3 heteroatoms. The fraction of sp³-hybridized carbons (Fsp3) is 0.455. The van der Waals surface area contributed by atoms with Gasteiger partial charge in [-0.3, -0.25) is 9.78 Å². The van der Waals surface area contributed by atoms with Crippen molar-refractivity contribution in [3.63, 3.8) is 0 Å². The molecule has 0 aliphatic heterocycles. The molecule has 1 unspecified atom stereocenters. The summed E-state index contributed by atoms with van der Waals surface area (Å²) in [7, 11) is 0. The normalized spacial score (nSPS) is 12.4. The number of hydrogen-bond acceptors (Lipinski definition) is 2. The first-order chi connectivity index (χ1) is 11.9. The molecule has 1 atom stereocenters. The maximum absolute atomic E-state index is 12.5. The van der Waals surface area contributed by atoms with E-state index in [0.29, 0.717) is 17.5 Å². The van der Waals surface area contributed by atoms with Crippen LogP contribution in [0.15, 0.2) is 42.6 Å². The number of carbonyl (C=O) groups is 1. The smallest absolute Gasteiger partial charge is 0.270 e. The van der Waals surface area contributed by atoms with Crippen molar-refractivity contribution in [1.29, 1.82) is 0 Å². The zero-order valence-electron chi connectivity index (χ0n) is 16.0. The van der Waals surface area contributed by atoms with Gasteiger partial charge in [0, 0.05) is 6.20 Å². The molecule has 0 saturated heterocycles. The minimum absolute atomic E-state index is 0.0433. The van der Waals surface area contributed by atoms with Crippen LogP contribution in [-0.2, 0) is 12.8 Å². The van der Waals surface area contributed by atoms with E-state index in [2.05, 4.69) is 63.1 Å². The van der Waals surface area contributed by atoms with Crippen molar-refractivity contribution in [2.24, 2.45) is 11.8 Å². The van der Waals surface area contributed by atoms with Crippen LogP contribution in [-0.4, -0.2) is 10.9 Å². The minimum atomic E-state index is -0.122. The van der Waals surface area contributed by atoms with Gasteiger partial charge in [-0.1, -0.05) is 52.0 Å². The van der Waals surface area contributed by atoms with Crippen LogP contribution in [0.1, 0.15) is 67.8 Å². The lowest BCUT2D eigenvalue weighted by atomic mass is 9.87. The first-order valence-electron chi connectivity index (χ1n) is 9.21. The van der Waals surface area contributed by atoms with Crippen LogP contribution in [0, 0.1) is 11.8 Å². The molecule has 0 fully saturated rings. The highest BCUT2D eigenvalue weighted by atomic mass is 16.1. The average Bonchev–Trinajstić information content (AvgIpc) is 2.54. The Kier molecular flexibility index (Phi) is 6.74. The summed E-state index contributed by atoms with van der Waals surface area (Å²) in [6.45, 7) is 11.0. The Hall–Kier alpha value is -2.16. The quantitative estimate of drug-likeness (QED) is 0.774. The Labute approximate surface area is 151 Å². The van der Waals surface area contributed by atoms with Gasteiger partial charge in [0.2, 0.25) is 0 Å². The van der Waals surface area contributed by atoms with Crippen molar-refractivity contribution in [2.75, 3.05) is 0 Å². The van der Waals surface area contributed by atoms with Gasteiger partial charge in [-0.05, 0) is 60.4 Å². The van der Waals surface area contributed by atoms with E-state index in [9.17, 15) is 4.79 Å². The summed E-state index contributed by atoms with van der Waals surface area (Å²) in [6.07, 6.45) is 3.69. The van der Waals surface area contributed by atoms with E-state index >= 15 is 0 Å². The second-order valence-electron chi connectivity index (χ2n) is 7.60. The fourth-order valence-electron chi connectivity index (χ4n) is 3.30. The molecule has 1 aromatic heterocycles. The highest BCUT2D eigenvalue weighted by Gasteiger charge is 2.19. The average molecular weight is 338 g/mol. The van der Waals surface area contributed by atoms with E-state index in [-0.39, 0.29) is 11.9 Å². The lowest BCUT2D eigenvalue weighted by Crippen LogP contribution is -2.29. The standard InChI is InChI=1S/C22H30N2O/c1-15(2)13-18-9-8-10-19(14-16(3)4)21(18)17(5)24-22(25)20-11-6-7-12-23-20/h6-12,15-17H,13-14H2,1-5H3,(H,24,25). The number of nitrogens with zero attached hydrogens (tertiary/aromatic N) is 1. The van der Waals surface area contributed by atoms with Gasteiger partial charge >= 0.3 is 0 Å². The molecule has 25 heavy (non-hydrogen) atoms. The first kappa shape index (κ1) is 19.2. The molecule has 2 aromatic rings. The minimum Gasteiger partial charge on any atom is -0.344 e. The number of hydrogen-bond donors (Lipinski definition) is 1. The summed E-state index contributed by atoms with van der Waals surface area (Å²) in [5.41, 5.74) is 4.40. The molecule has 1 heterocycles. The monoisotopic (exact) mass is 338 g/mol. The van der Waals surface area contributed by atoms with Crippen LogP contribution in [0.3, 0.4) is 0 Å². The van der Waals surface area contributed by atoms with Gasteiger partial charge in [-0.2, -0.15) is 0 Å². The van der Waals surface area contributed by atoms with Gasteiger partial charge in [0.15, 0.2) is 0 Å². The Morgan fingerprint density at radius 1 is 0.920 bits per heavy atom. The number of amides is 1. The molecule has 0 spiro atoms. The first-order valence-corrected chi connectivity index (χ1v) is 9.21. The number of pyridine rings is 1. The molecule has 1 N–H and O–H groups in total. The summed E-state index contributed by atoms with van der Waals surface area (Å²) in [4.78, 5) is 16.7. The second-order valence-corrected chi connectivity index (χ2v) is 7.60. The van der Waals surface area contributed by atoms with E-state index in [1.807, 2.05) is 12.1 Å². The van der Waals surface area contributed by atoms with Gasteiger partial charge in [0.25, 0.3) is 5.91 Å². The fourth-order valence-corrected chi connectivity index (χ4v) is 3.30. The van der Waals surface area contributed by atoms with E-state index in [0.717, 1.165) is 12.8 Å². The largest absolute Gasteiger partial charge is 0.344 e. The van der Waals surface area contributed by atoms with Gasteiger partial charge in [-0.25, -0.2) is 0 Å². The predicted molar refractivity (Wildman–Crippen MR) is 104 cm³/mol. The van der Waals surface area contributed by atoms with Crippen molar-refractivity contribution in [3.05, 3.63) is 65.0 Å². The zero-order chi connectivity index (χ0) is 18.4. The van der Waals surface area contributed by atoms with E-state index < -0.39 is 0 Å². The Balaban J connectivity index is 2.31. The lowest BCUT2D eigenvalue weighted by molar-refractivity contribution is 0.0934. The van der Waals surface area contributed by atoms with Gasteiger partial charge < -0.3 is 5.32 Å². The van der Waals surface area contributed by atoms with E-state index in [4.69, 9.17) is 0 Å². The van der Waals surface area contributed by atoms with Crippen LogP contribution >= 0.6 is 0 Å². The van der Waals surface area contributed by atoms with Crippen LogP contribution < -0.4 is 5.32 Å². The van der Waals surface area contributed by atoms with E-state index in [1.54, 1.807) is 12.3 Å². The highest BCUT2D eigenvalue weighted by molar-refractivity contribution is 5.92. The molecule has 3 nitrogen and oxygen atoms in total. The molecule has 0 aliphatic rings. The molecule has 0 radical (unpaired) electrons. The second kappa shape index (κ2) is 8.80. The topological polar surface area (TPSA) is 42.0 Å². The van der Waals surface area contributed by atoms with Crippen LogP contribution in [0.5, 0.6) is 0 Å². The van der Waals surface area contributed by atoms with Crippen molar-refractivity contribution >= 4 is 5.91 Å². The number of benzene rings is 1. The number of carbonyl (C=O) groups excluding carboxylic acids is 1. The number of aromatic nitrogens is 1. The van der Waals surface area contributed by atoms with Crippen LogP contribution in [0.2, 0.25) is 0 Å². The highest BCUT2D eigenvalue weighted by Crippen LogP contribution is 2.27. The maximum atomic E-state index is 12.5. The lowest BCUT2D eigenvalue weighted by Gasteiger charge is -2.23. The third kappa shape index (κ3) is 5.42. The molecule has 0 saturated carbocycles. The molecule has 0 aliphatic carbocycles. The zero-order valence-corrected chi connectivity index (χ0v) is 16.0. The SMILES string of the molecule is CC(C)Cc1cccc(CC(C)C)c1C(C)NC(=O)c1ccccn1. The van der Waals surface area contributed by atoms with Gasteiger partial charge in [0.1, 0.15) is 5.69 Å². The predicted octanol–water partition coefficient (Wildman–Crippen LogP) is 4.97. The Bertz CT molecular complexity index is 664. The van der Waals surface area contributed by atoms with Crippen LogP contribution in [0.25, 0.3) is 0 Å². The molecule has 1 aromatic carbocycles. The molecular weight excluding hydrogens is 308 g/mol. The van der Waals surface area contributed by atoms with E-state index in [1.165, 1.54) is 16.7 Å². The summed E-state index contributed by atoms with van der Waals surface area (Å²) < 4.78 is 0. The van der Waals surface area contributed by atoms with Gasteiger partial charge in [-0.15, -0.1) is 0 Å². The van der Waals surface area contributed by atoms with Crippen molar-refractivity contribution in [2.45, 2.75) is 53.5 Å². The van der Waals surface area contributed by atoms with Crippen molar-refractivity contribution < 1.29 is 4.79 Å². The Morgan fingerprint density at radius 2 is 1.52 bits per heavy atom. The Morgan fingerprint density at radius 3 is 2.00 bits per heavy atom. The summed E-state index contributed by atoms with van der Waals surface area (Å²) in [5, 5.41) is 3.14. The third-order valence-electron chi connectivity index (χ3n) is 4.22. The summed E-state index contributed by atoms with van der Waals surface area (Å²) in [6, 6.07) is 11.9. The maximum Gasteiger partial charge on any atom is 0.270 e. The molecule has 0 bridgehead atoms. The summed E-state index contributed by atoms with van der Waals surface area (Å²) >= 11 is 0. The molecule has 1 amide bonds. The van der Waals surface area contributed by atoms with Crippen molar-refractivity contribution in [1.82, 2.24) is 10.3 Å². The molecular formula is C22H30N2O. The van der Waals surface area contributed by atoms with Crippen molar-refractivity contribution in [3.8, 4) is 0 Å². The molecule has 134 valence electrons. The number of nitrogens with one attached hydrogen (secondary N) is 1. The van der Waals surface area contributed by atoms with Crippen LogP contribution in [0.4, 0.5) is 0 Å². The van der Waals surface area contributed by atoms with Gasteiger partial charge in [0.05, 0.1) is 6.04 Å². The summed E-state index contributed by atoms with van der Waals surface area (Å²) in [5.74, 6) is 1.03. The molecule has 2 rings (SSSR count).